The van der Waals surface area contributed by atoms with Crippen LogP contribution in [-0.4, -0.2) is 35.9 Å². The highest BCUT2D eigenvalue weighted by atomic mass is 32.2. The summed E-state index contributed by atoms with van der Waals surface area (Å²) in [5, 5.41) is 0.720. The highest BCUT2D eigenvalue weighted by Crippen LogP contribution is 2.24. The van der Waals surface area contributed by atoms with Crippen LogP contribution in [0.2, 0.25) is 0 Å². The zero-order valence-electron chi connectivity index (χ0n) is 8.72. The van der Waals surface area contributed by atoms with Crippen LogP contribution in [0, 0.1) is 0 Å². The zero-order chi connectivity index (χ0) is 10.7. The van der Waals surface area contributed by atoms with Crippen molar-refractivity contribution in [1.29, 1.82) is 0 Å². The molecule has 2 heterocycles. The Balaban J connectivity index is 2.07. The van der Waals surface area contributed by atoms with E-state index >= 15 is 0 Å². The van der Waals surface area contributed by atoms with Gasteiger partial charge in [0.05, 0.1) is 0 Å². The second-order valence-electron chi connectivity index (χ2n) is 3.66. The van der Waals surface area contributed by atoms with E-state index in [0.29, 0.717) is 5.56 Å². The molecule has 1 atom stereocenters. The molecular weight excluding hydrogens is 208 g/mol. The normalized spacial score (nSPS) is 20.6. The van der Waals surface area contributed by atoms with Gasteiger partial charge in [-0.3, -0.25) is 4.79 Å². The minimum absolute atomic E-state index is 0.638. The number of pyridine rings is 1. The van der Waals surface area contributed by atoms with Gasteiger partial charge >= 0.3 is 0 Å². The molecule has 0 saturated carbocycles. The van der Waals surface area contributed by atoms with Gasteiger partial charge < -0.3 is 4.90 Å². The molecule has 0 radical (unpaired) electrons. The Morgan fingerprint density at radius 1 is 1.60 bits per heavy atom. The summed E-state index contributed by atoms with van der Waals surface area (Å²) in [5.74, 6) is 0.983. The van der Waals surface area contributed by atoms with Crippen molar-refractivity contribution in [3.8, 4) is 0 Å². The van der Waals surface area contributed by atoms with Gasteiger partial charge in [-0.2, -0.15) is 11.8 Å². The summed E-state index contributed by atoms with van der Waals surface area (Å²) in [6.07, 6.45) is 5.83. The molecule has 1 aromatic rings. The molecule has 0 amide bonds. The van der Waals surface area contributed by atoms with E-state index in [9.17, 15) is 4.79 Å². The predicted molar refractivity (Wildman–Crippen MR) is 63.8 cm³/mol. The van der Waals surface area contributed by atoms with Crippen molar-refractivity contribution >= 4 is 23.9 Å². The summed E-state index contributed by atoms with van der Waals surface area (Å²) < 4.78 is 0. The Morgan fingerprint density at radius 3 is 3.00 bits per heavy atom. The van der Waals surface area contributed by atoms with Crippen molar-refractivity contribution < 1.29 is 4.79 Å². The van der Waals surface area contributed by atoms with Crippen LogP contribution in [0.4, 0.5) is 5.82 Å². The Bertz CT molecular complexity index is 339. The first-order valence-electron chi connectivity index (χ1n) is 5.02. The minimum atomic E-state index is 0.638. The Labute approximate surface area is 93.9 Å². The average molecular weight is 222 g/mol. The van der Waals surface area contributed by atoms with E-state index in [1.165, 1.54) is 6.42 Å². The zero-order valence-corrected chi connectivity index (χ0v) is 9.54. The summed E-state index contributed by atoms with van der Waals surface area (Å²) in [4.78, 5) is 17.0. The monoisotopic (exact) mass is 222 g/mol. The van der Waals surface area contributed by atoms with Crippen LogP contribution < -0.4 is 4.90 Å². The first kappa shape index (κ1) is 10.5. The van der Waals surface area contributed by atoms with Crippen LogP contribution in [0.15, 0.2) is 18.3 Å². The lowest BCUT2D eigenvalue weighted by atomic mass is 10.3. The smallest absolute Gasteiger partial charge is 0.151 e. The van der Waals surface area contributed by atoms with E-state index < -0.39 is 0 Å². The van der Waals surface area contributed by atoms with Crippen LogP contribution in [0.5, 0.6) is 0 Å². The number of aromatic nitrogens is 1. The molecule has 0 spiro atoms. The Hall–Kier alpha value is -1.03. The fourth-order valence-electron chi connectivity index (χ4n) is 1.78. The third-order valence-electron chi connectivity index (χ3n) is 2.71. The molecule has 1 aromatic heterocycles. The largest absolute Gasteiger partial charge is 0.355 e. The summed E-state index contributed by atoms with van der Waals surface area (Å²) in [6.45, 7) is 2.13. The van der Waals surface area contributed by atoms with Crippen molar-refractivity contribution in [2.24, 2.45) is 0 Å². The molecule has 1 aliphatic rings. The van der Waals surface area contributed by atoms with E-state index in [1.807, 2.05) is 23.9 Å². The molecule has 1 unspecified atom stereocenters. The number of hydrogen-bond donors (Lipinski definition) is 0. The van der Waals surface area contributed by atoms with Gasteiger partial charge in [-0.1, -0.05) is 0 Å². The Kier molecular flexibility index (Phi) is 3.26. The van der Waals surface area contributed by atoms with E-state index in [0.717, 1.165) is 30.4 Å². The number of anilines is 1. The molecule has 0 aromatic carbocycles. The van der Waals surface area contributed by atoms with Gasteiger partial charge in [-0.05, 0) is 24.8 Å². The number of aldehydes is 1. The third-order valence-corrected chi connectivity index (χ3v) is 3.76. The van der Waals surface area contributed by atoms with Crippen molar-refractivity contribution in [2.45, 2.75) is 11.7 Å². The molecule has 4 heteroatoms. The van der Waals surface area contributed by atoms with Gasteiger partial charge in [-0.15, -0.1) is 0 Å². The van der Waals surface area contributed by atoms with Crippen molar-refractivity contribution in [1.82, 2.24) is 4.98 Å². The summed E-state index contributed by atoms with van der Waals surface area (Å²) >= 11 is 1.91. The fraction of sp³-hybridized carbons (Fsp3) is 0.455. The second kappa shape index (κ2) is 4.66. The predicted octanol–water partition coefficient (Wildman–Crippen LogP) is 1.84. The SMILES string of the molecule is CSC1CCN(c2ccc(C=O)cn2)C1. The molecule has 0 aliphatic carbocycles. The standard InChI is InChI=1S/C11H14N2OS/c1-15-10-4-5-13(7-10)11-3-2-9(8-14)6-12-11/h2-3,6,8,10H,4-5,7H2,1H3. The van der Waals surface area contributed by atoms with E-state index in [2.05, 4.69) is 16.1 Å². The molecule has 1 aliphatic heterocycles. The maximum Gasteiger partial charge on any atom is 0.151 e. The lowest BCUT2D eigenvalue weighted by Crippen LogP contribution is -2.21. The minimum Gasteiger partial charge on any atom is -0.355 e. The van der Waals surface area contributed by atoms with Crippen molar-refractivity contribution in [3.05, 3.63) is 23.9 Å². The molecule has 1 saturated heterocycles. The number of rotatable bonds is 3. The van der Waals surface area contributed by atoms with Gasteiger partial charge in [-0.25, -0.2) is 4.98 Å². The van der Waals surface area contributed by atoms with Gasteiger partial charge in [0.1, 0.15) is 5.82 Å². The molecule has 80 valence electrons. The lowest BCUT2D eigenvalue weighted by molar-refractivity contribution is 0.112. The molecule has 3 nitrogen and oxygen atoms in total. The van der Waals surface area contributed by atoms with E-state index in [4.69, 9.17) is 0 Å². The molecule has 1 fully saturated rings. The van der Waals surface area contributed by atoms with Crippen molar-refractivity contribution in [3.63, 3.8) is 0 Å². The summed E-state index contributed by atoms with van der Waals surface area (Å²) in [6, 6.07) is 3.74. The topological polar surface area (TPSA) is 33.2 Å². The van der Waals surface area contributed by atoms with Crippen LogP contribution in [0.3, 0.4) is 0 Å². The molecule has 15 heavy (non-hydrogen) atoms. The van der Waals surface area contributed by atoms with Crippen molar-refractivity contribution in [2.75, 3.05) is 24.2 Å². The number of nitrogens with zero attached hydrogens (tertiary/aromatic N) is 2. The van der Waals surface area contributed by atoms with Crippen LogP contribution in [-0.2, 0) is 0 Å². The molecule has 0 bridgehead atoms. The van der Waals surface area contributed by atoms with E-state index in [-0.39, 0.29) is 0 Å². The van der Waals surface area contributed by atoms with E-state index in [1.54, 1.807) is 6.20 Å². The first-order chi connectivity index (χ1) is 7.33. The van der Waals surface area contributed by atoms with Gasteiger partial charge in [0.2, 0.25) is 0 Å². The van der Waals surface area contributed by atoms with Crippen LogP contribution in [0.25, 0.3) is 0 Å². The van der Waals surface area contributed by atoms with Crippen LogP contribution >= 0.6 is 11.8 Å². The first-order valence-corrected chi connectivity index (χ1v) is 6.31. The third kappa shape index (κ3) is 2.31. The summed E-state index contributed by atoms with van der Waals surface area (Å²) in [7, 11) is 0. The molecule has 2 rings (SSSR count). The van der Waals surface area contributed by atoms with Crippen LogP contribution in [0.1, 0.15) is 16.8 Å². The quantitative estimate of drug-likeness (QED) is 0.731. The van der Waals surface area contributed by atoms with Gasteiger partial charge in [0, 0.05) is 30.1 Å². The Morgan fingerprint density at radius 2 is 2.47 bits per heavy atom. The molecular formula is C11H14N2OS. The maximum absolute atomic E-state index is 10.5. The number of hydrogen-bond acceptors (Lipinski definition) is 4. The highest BCUT2D eigenvalue weighted by molar-refractivity contribution is 7.99. The number of thioether (sulfide) groups is 1. The summed E-state index contributed by atoms with van der Waals surface area (Å²) in [5.41, 5.74) is 0.638. The highest BCUT2D eigenvalue weighted by Gasteiger charge is 2.22. The lowest BCUT2D eigenvalue weighted by Gasteiger charge is -2.16. The average Bonchev–Trinajstić information content (AvgIpc) is 2.78. The number of carbonyl (C=O) groups excluding carboxylic acids is 1. The number of carbonyl (C=O) groups is 1. The van der Waals surface area contributed by atoms with Gasteiger partial charge in [0.25, 0.3) is 0 Å². The maximum atomic E-state index is 10.5. The van der Waals surface area contributed by atoms with Gasteiger partial charge in [0.15, 0.2) is 6.29 Å². The second-order valence-corrected chi connectivity index (χ2v) is 4.80. The molecule has 0 N–H and O–H groups in total. The fourth-order valence-corrected chi connectivity index (χ4v) is 2.45.